The van der Waals surface area contributed by atoms with Crippen LogP contribution in [-0.2, 0) is 0 Å². The number of rotatable bonds is 10. The van der Waals surface area contributed by atoms with Crippen LogP contribution < -0.4 is 0 Å². The van der Waals surface area contributed by atoms with E-state index in [0.29, 0.717) is 29.6 Å². The summed E-state index contributed by atoms with van der Waals surface area (Å²) in [7, 11) is 0. The molecule has 1 aliphatic rings. The van der Waals surface area contributed by atoms with E-state index in [9.17, 15) is 19.2 Å². The Morgan fingerprint density at radius 1 is 0.478 bits per heavy atom. The second-order valence-corrected chi connectivity index (χ2v) is 10.2. The number of ketones is 4. The van der Waals surface area contributed by atoms with Crippen LogP contribution in [0.4, 0.5) is 0 Å². The minimum absolute atomic E-state index is 0.00456. The highest BCUT2D eigenvalue weighted by Crippen LogP contribution is 2.21. The predicted molar refractivity (Wildman–Crippen MR) is 168 cm³/mol. The van der Waals surface area contributed by atoms with Crippen molar-refractivity contribution in [1.29, 1.82) is 0 Å². The third-order valence-corrected chi connectivity index (χ3v) is 7.06. The van der Waals surface area contributed by atoms with Gasteiger partial charge >= 0.3 is 0 Å². The van der Waals surface area contributed by atoms with Gasteiger partial charge in [0.25, 0.3) is 5.78 Å². The third kappa shape index (κ3) is 6.27. The van der Waals surface area contributed by atoms with Crippen molar-refractivity contribution in [3.63, 3.8) is 0 Å². The van der Waals surface area contributed by atoms with Crippen LogP contribution in [0.5, 0.6) is 0 Å². The number of carbonyl (C=O) groups excluding carboxylic acids is 4. The number of allylic oxidation sites excluding steroid dienone is 4. The lowest BCUT2D eigenvalue weighted by molar-refractivity contribution is 0.101. The van der Waals surface area contributed by atoms with Gasteiger partial charge in [0.2, 0.25) is 46.5 Å². The molecule has 0 amide bonds. The van der Waals surface area contributed by atoms with E-state index in [1.807, 2.05) is 12.1 Å². The molecule has 46 heavy (non-hydrogen) atoms. The highest BCUT2D eigenvalue weighted by atomic mass is 16.1. The van der Waals surface area contributed by atoms with Crippen LogP contribution in [0.25, 0.3) is 5.57 Å². The number of Topliss-reactive ketones (excluding diaryl/α,β-unsaturated/α-hetero) is 1. The second-order valence-electron chi connectivity index (χ2n) is 10.2. The molecule has 0 bridgehead atoms. The molecule has 2 aromatic heterocycles. The summed E-state index contributed by atoms with van der Waals surface area (Å²) in [4.78, 5) is 79.8. The Kier molecular flexibility index (Phi) is 8.42. The van der Waals surface area contributed by atoms with Crippen LogP contribution in [0.2, 0.25) is 0 Å². The van der Waals surface area contributed by atoms with E-state index >= 15 is 0 Å². The number of hydrogen-bond donors (Lipinski definition) is 0. The van der Waals surface area contributed by atoms with Gasteiger partial charge < -0.3 is 0 Å². The summed E-state index contributed by atoms with van der Waals surface area (Å²) in [5.74, 6) is -4.76. The van der Waals surface area contributed by atoms with E-state index < -0.39 is 46.4 Å². The molecule has 0 N–H and O–H groups in total. The molecule has 0 saturated carbocycles. The number of nitrogens with zero attached hydrogens (tertiary/aromatic N) is 6. The van der Waals surface area contributed by atoms with E-state index in [1.54, 1.807) is 97.1 Å². The lowest BCUT2D eigenvalue weighted by Crippen LogP contribution is -2.23. The van der Waals surface area contributed by atoms with Crippen molar-refractivity contribution < 1.29 is 19.2 Å². The quantitative estimate of drug-likeness (QED) is 0.193. The summed E-state index contributed by atoms with van der Waals surface area (Å²) in [5.41, 5.74) is 1.97. The van der Waals surface area contributed by atoms with Crippen molar-refractivity contribution in [2.24, 2.45) is 0 Å². The smallest absolute Gasteiger partial charge is 0.267 e. The molecular weight excluding hydrogens is 580 g/mol. The van der Waals surface area contributed by atoms with Gasteiger partial charge in [0.05, 0.1) is 0 Å². The zero-order chi connectivity index (χ0) is 32.0. The van der Waals surface area contributed by atoms with Crippen LogP contribution in [0.1, 0.15) is 83.7 Å². The van der Waals surface area contributed by atoms with Crippen molar-refractivity contribution in [2.75, 3.05) is 0 Å². The van der Waals surface area contributed by atoms with E-state index in [-0.39, 0.29) is 22.8 Å². The molecule has 0 fully saturated rings. The minimum Gasteiger partial charge on any atom is -0.285 e. The number of aromatic nitrogens is 6. The van der Waals surface area contributed by atoms with Crippen LogP contribution >= 0.6 is 0 Å². The van der Waals surface area contributed by atoms with Crippen LogP contribution in [0, 0.1) is 0 Å². The summed E-state index contributed by atoms with van der Waals surface area (Å²) in [6, 6.07) is 25.4. The summed E-state index contributed by atoms with van der Waals surface area (Å²) < 4.78 is 0. The van der Waals surface area contributed by atoms with Crippen molar-refractivity contribution in [3.05, 3.63) is 173 Å². The maximum atomic E-state index is 14.0. The average Bonchev–Trinajstić information content (AvgIpc) is 3.14. The Morgan fingerprint density at radius 3 is 1.30 bits per heavy atom. The van der Waals surface area contributed by atoms with Gasteiger partial charge in [0.15, 0.2) is 5.82 Å². The molecule has 2 heterocycles. The maximum absolute atomic E-state index is 14.0. The van der Waals surface area contributed by atoms with E-state index in [2.05, 4.69) is 36.5 Å². The number of benzene rings is 3. The Labute approximate surface area is 263 Å². The van der Waals surface area contributed by atoms with Crippen molar-refractivity contribution >= 4 is 28.7 Å². The highest BCUT2D eigenvalue weighted by Gasteiger charge is 2.28. The lowest BCUT2D eigenvalue weighted by Gasteiger charge is -2.11. The van der Waals surface area contributed by atoms with Gasteiger partial charge in [-0.25, -0.2) is 29.9 Å². The van der Waals surface area contributed by atoms with Crippen LogP contribution in [0.15, 0.2) is 121 Å². The average molecular weight is 605 g/mol. The highest BCUT2D eigenvalue weighted by molar-refractivity contribution is 6.12. The van der Waals surface area contributed by atoms with Crippen molar-refractivity contribution in [1.82, 2.24) is 29.9 Å². The summed E-state index contributed by atoms with van der Waals surface area (Å²) in [6.45, 7) is 4.09. The summed E-state index contributed by atoms with van der Waals surface area (Å²) in [5, 5.41) is 0. The number of hydrogen-bond acceptors (Lipinski definition) is 10. The standard InChI is InChI=1S/C36H24N6O4/c1-22(23-14-6-2-7-15-23)31-37-32(27(43)24-16-8-3-9-17-24)40-35(38-31)30(46)36-41-33(28(44)25-18-10-4-11-19-25)39-34(42-36)29(45)26-20-12-5-13-21-26/h2-8,10-16,18-21H,1,9,17H2. The molecule has 0 saturated heterocycles. The zero-order valence-electron chi connectivity index (χ0n) is 24.3. The molecule has 10 nitrogen and oxygen atoms in total. The lowest BCUT2D eigenvalue weighted by atomic mass is 10.0. The van der Waals surface area contributed by atoms with E-state index in [4.69, 9.17) is 0 Å². The minimum atomic E-state index is -0.942. The van der Waals surface area contributed by atoms with Gasteiger partial charge in [-0.05, 0) is 18.4 Å². The fraction of sp³-hybridized carbons (Fsp3) is 0.0556. The molecule has 0 aliphatic heterocycles. The predicted octanol–water partition coefficient (Wildman–Crippen LogP) is 5.27. The topological polar surface area (TPSA) is 146 Å². The molecule has 1 aliphatic carbocycles. The molecule has 0 unspecified atom stereocenters. The van der Waals surface area contributed by atoms with Crippen LogP contribution in [0.3, 0.4) is 0 Å². The first-order valence-electron chi connectivity index (χ1n) is 14.3. The Hall–Kier alpha value is -6.42. The molecule has 0 spiro atoms. The molecule has 10 heteroatoms. The Bertz CT molecular complexity index is 2000. The summed E-state index contributed by atoms with van der Waals surface area (Å²) in [6.07, 6.45) is 6.53. The zero-order valence-corrected chi connectivity index (χ0v) is 24.3. The van der Waals surface area contributed by atoms with Crippen molar-refractivity contribution in [2.45, 2.75) is 12.8 Å². The molecule has 5 aromatic rings. The van der Waals surface area contributed by atoms with Crippen molar-refractivity contribution in [3.8, 4) is 0 Å². The van der Waals surface area contributed by atoms with Gasteiger partial charge in [0, 0.05) is 22.3 Å². The second kappa shape index (κ2) is 13.1. The van der Waals surface area contributed by atoms with E-state index in [0.717, 1.165) is 0 Å². The van der Waals surface area contributed by atoms with Gasteiger partial charge in [-0.2, -0.15) is 0 Å². The van der Waals surface area contributed by atoms with Gasteiger partial charge in [-0.1, -0.05) is 116 Å². The van der Waals surface area contributed by atoms with Crippen LogP contribution in [-0.4, -0.2) is 53.0 Å². The fourth-order valence-electron chi connectivity index (χ4n) is 4.64. The van der Waals surface area contributed by atoms with E-state index in [1.165, 1.54) is 0 Å². The third-order valence-electron chi connectivity index (χ3n) is 7.06. The summed E-state index contributed by atoms with van der Waals surface area (Å²) >= 11 is 0. The first-order chi connectivity index (χ1) is 22.4. The largest absolute Gasteiger partial charge is 0.285 e. The fourth-order valence-corrected chi connectivity index (χ4v) is 4.64. The first kappa shape index (κ1) is 29.6. The van der Waals surface area contributed by atoms with Gasteiger partial charge in [0.1, 0.15) is 0 Å². The Morgan fingerprint density at radius 2 is 0.870 bits per heavy atom. The first-order valence-corrected chi connectivity index (χ1v) is 14.3. The molecule has 3 aromatic carbocycles. The molecule has 0 radical (unpaired) electrons. The number of carbonyl (C=O) groups is 4. The maximum Gasteiger partial charge on any atom is 0.267 e. The molecule has 6 rings (SSSR count). The Balaban J connectivity index is 1.48. The normalized spacial score (nSPS) is 12.2. The molecular formula is C36H24N6O4. The monoisotopic (exact) mass is 604 g/mol. The SMILES string of the molecule is C=C(c1ccccc1)c1nc(C(=O)C2=CC=CCC2)nc(C(=O)c2nc(C(=O)c3ccccc3)nc(C(=O)c3ccccc3)n2)n1. The molecule has 0 atom stereocenters. The van der Waals surface area contributed by atoms with Gasteiger partial charge in [-0.15, -0.1) is 0 Å². The molecule has 222 valence electrons. The van der Waals surface area contributed by atoms with Gasteiger partial charge in [-0.3, -0.25) is 19.2 Å².